The van der Waals surface area contributed by atoms with Crippen molar-refractivity contribution in [2.45, 2.75) is 13.0 Å². The number of rotatable bonds is 6. The molecule has 144 valence electrons. The van der Waals surface area contributed by atoms with Crippen LogP contribution in [0.4, 0.5) is 0 Å². The Morgan fingerprint density at radius 2 is 1.79 bits per heavy atom. The van der Waals surface area contributed by atoms with Crippen molar-refractivity contribution in [3.05, 3.63) is 65.4 Å². The lowest BCUT2D eigenvalue weighted by molar-refractivity contribution is -0.141. The average Bonchev–Trinajstić information content (AvgIpc) is 3.13. The lowest BCUT2D eigenvalue weighted by Gasteiger charge is -2.16. The molecule has 0 aliphatic carbocycles. The second-order valence-corrected chi connectivity index (χ2v) is 6.01. The van der Waals surface area contributed by atoms with E-state index in [0.717, 1.165) is 0 Å². The molecule has 8 heteroatoms. The van der Waals surface area contributed by atoms with Crippen LogP contribution in [0.25, 0.3) is 6.08 Å². The number of hydrogen-bond donors (Lipinski definition) is 3. The van der Waals surface area contributed by atoms with Gasteiger partial charge >= 0.3 is 5.97 Å². The van der Waals surface area contributed by atoms with Crippen LogP contribution >= 0.6 is 0 Å². The summed E-state index contributed by atoms with van der Waals surface area (Å²) in [6, 6.07) is 12.1. The molecule has 3 N–H and O–H groups in total. The number of benzene rings is 2. The van der Waals surface area contributed by atoms with E-state index in [4.69, 9.17) is 9.47 Å². The summed E-state index contributed by atoms with van der Waals surface area (Å²) in [6.45, 7) is 1.37. The molecule has 1 atom stereocenters. The highest BCUT2D eigenvalue weighted by molar-refractivity contribution is 6.02. The van der Waals surface area contributed by atoms with Gasteiger partial charge in [-0.1, -0.05) is 36.4 Å². The Bertz CT molecular complexity index is 939. The molecule has 0 saturated heterocycles. The van der Waals surface area contributed by atoms with Gasteiger partial charge in [0.1, 0.15) is 5.70 Å². The van der Waals surface area contributed by atoms with E-state index in [1.165, 1.54) is 13.0 Å². The summed E-state index contributed by atoms with van der Waals surface area (Å²) >= 11 is 0. The molecule has 0 spiro atoms. The van der Waals surface area contributed by atoms with E-state index in [2.05, 4.69) is 10.6 Å². The lowest BCUT2D eigenvalue weighted by Crippen LogP contribution is -2.39. The molecule has 0 saturated carbocycles. The van der Waals surface area contributed by atoms with Gasteiger partial charge in [0.05, 0.1) is 0 Å². The van der Waals surface area contributed by atoms with Gasteiger partial charge < -0.3 is 25.2 Å². The Morgan fingerprint density at radius 1 is 1.07 bits per heavy atom. The molecule has 0 fully saturated rings. The minimum atomic E-state index is -1.26. The SMILES string of the molecule is CC(=O)N/C(=C/c1ccc2c(c1)OCO2)C(=O)N[C@@H](C(=O)O)c1ccccc1. The smallest absolute Gasteiger partial charge is 0.330 e. The monoisotopic (exact) mass is 382 g/mol. The normalized spacial score (nSPS) is 13.5. The molecule has 2 aromatic carbocycles. The molecule has 8 nitrogen and oxygen atoms in total. The van der Waals surface area contributed by atoms with Gasteiger partial charge in [-0.25, -0.2) is 4.79 Å². The maximum absolute atomic E-state index is 12.7. The zero-order valence-electron chi connectivity index (χ0n) is 15.0. The van der Waals surface area contributed by atoms with Crippen molar-refractivity contribution >= 4 is 23.9 Å². The number of nitrogens with one attached hydrogen (secondary N) is 2. The molecule has 0 radical (unpaired) electrons. The highest BCUT2D eigenvalue weighted by Crippen LogP contribution is 2.33. The Morgan fingerprint density at radius 3 is 2.46 bits per heavy atom. The largest absolute Gasteiger partial charge is 0.479 e. The molecule has 28 heavy (non-hydrogen) atoms. The molecule has 0 bridgehead atoms. The van der Waals surface area contributed by atoms with Gasteiger partial charge in [0.2, 0.25) is 12.7 Å². The number of carboxylic acids is 1. The van der Waals surface area contributed by atoms with E-state index in [0.29, 0.717) is 22.6 Å². The fraction of sp³-hybridized carbons (Fsp3) is 0.150. The number of fused-ring (bicyclic) bond motifs is 1. The highest BCUT2D eigenvalue weighted by atomic mass is 16.7. The van der Waals surface area contributed by atoms with Crippen molar-refractivity contribution < 1.29 is 29.0 Å². The van der Waals surface area contributed by atoms with Crippen LogP contribution in [0, 0.1) is 0 Å². The third kappa shape index (κ3) is 4.47. The molecule has 2 aromatic rings. The van der Waals surface area contributed by atoms with Crippen LogP contribution in [-0.4, -0.2) is 29.7 Å². The maximum Gasteiger partial charge on any atom is 0.330 e. The van der Waals surface area contributed by atoms with E-state index in [1.807, 2.05) is 0 Å². The van der Waals surface area contributed by atoms with Gasteiger partial charge in [-0.2, -0.15) is 0 Å². The number of aliphatic carboxylic acids is 1. The first kappa shape index (κ1) is 19.0. The minimum Gasteiger partial charge on any atom is -0.479 e. The summed E-state index contributed by atoms with van der Waals surface area (Å²) in [5, 5.41) is 14.4. The summed E-state index contributed by atoms with van der Waals surface area (Å²) in [4.78, 5) is 35.8. The lowest BCUT2D eigenvalue weighted by atomic mass is 10.1. The van der Waals surface area contributed by atoms with Crippen LogP contribution in [0.1, 0.15) is 24.1 Å². The van der Waals surface area contributed by atoms with Gasteiger partial charge in [-0.05, 0) is 29.3 Å². The first-order valence-corrected chi connectivity index (χ1v) is 8.41. The van der Waals surface area contributed by atoms with Crippen molar-refractivity contribution in [3.63, 3.8) is 0 Å². The molecule has 2 amide bonds. The van der Waals surface area contributed by atoms with E-state index >= 15 is 0 Å². The zero-order chi connectivity index (χ0) is 20.1. The van der Waals surface area contributed by atoms with E-state index in [-0.39, 0.29) is 12.5 Å². The second-order valence-electron chi connectivity index (χ2n) is 6.01. The quantitative estimate of drug-likeness (QED) is 0.657. The van der Waals surface area contributed by atoms with Crippen molar-refractivity contribution in [2.24, 2.45) is 0 Å². The first-order chi connectivity index (χ1) is 13.4. The zero-order valence-corrected chi connectivity index (χ0v) is 15.0. The summed E-state index contributed by atoms with van der Waals surface area (Å²) < 4.78 is 10.5. The Balaban J connectivity index is 1.87. The number of carboxylic acid groups (broad SMARTS) is 1. The minimum absolute atomic E-state index is 0.0893. The predicted octanol–water partition coefficient (Wildman–Crippen LogP) is 1.83. The summed E-state index contributed by atoms with van der Waals surface area (Å²) in [6.07, 6.45) is 1.43. The third-order valence-corrected chi connectivity index (χ3v) is 3.92. The summed E-state index contributed by atoms with van der Waals surface area (Å²) in [5.41, 5.74) is 0.900. The Kier molecular flexibility index (Phi) is 5.59. The van der Waals surface area contributed by atoms with E-state index in [9.17, 15) is 19.5 Å². The first-order valence-electron chi connectivity index (χ1n) is 8.41. The Labute approximate surface area is 160 Å². The van der Waals surface area contributed by atoms with Crippen molar-refractivity contribution in [1.29, 1.82) is 0 Å². The average molecular weight is 382 g/mol. The number of carbonyl (C=O) groups excluding carboxylic acids is 2. The summed E-state index contributed by atoms with van der Waals surface area (Å²) in [7, 11) is 0. The van der Waals surface area contributed by atoms with E-state index < -0.39 is 23.8 Å². The van der Waals surface area contributed by atoms with Crippen LogP contribution in [0.2, 0.25) is 0 Å². The van der Waals surface area contributed by atoms with Crippen LogP contribution in [0.5, 0.6) is 11.5 Å². The second kappa shape index (κ2) is 8.26. The van der Waals surface area contributed by atoms with Gasteiger partial charge in [-0.15, -0.1) is 0 Å². The van der Waals surface area contributed by atoms with E-state index in [1.54, 1.807) is 48.5 Å². The molecular weight excluding hydrogens is 364 g/mol. The maximum atomic E-state index is 12.7. The number of ether oxygens (including phenoxy) is 2. The van der Waals surface area contributed by atoms with Crippen LogP contribution < -0.4 is 20.1 Å². The van der Waals surface area contributed by atoms with Gasteiger partial charge in [0, 0.05) is 6.92 Å². The van der Waals surface area contributed by atoms with Crippen LogP contribution in [0.15, 0.2) is 54.2 Å². The molecular formula is C20H18N2O6. The molecule has 0 unspecified atom stereocenters. The number of carbonyl (C=O) groups is 3. The fourth-order valence-corrected chi connectivity index (χ4v) is 2.66. The number of amides is 2. The number of hydrogen-bond acceptors (Lipinski definition) is 5. The molecule has 1 heterocycles. The van der Waals surface area contributed by atoms with Gasteiger partial charge in [-0.3, -0.25) is 9.59 Å². The molecule has 0 aromatic heterocycles. The highest BCUT2D eigenvalue weighted by Gasteiger charge is 2.24. The van der Waals surface area contributed by atoms with Gasteiger partial charge in [0.15, 0.2) is 17.5 Å². The van der Waals surface area contributed by atoms with Crippen LogP contribution in [-0.2, 0) is 14.4 Å². The third-order valence-electron chi connectivity index (χ3n) is 3.92. The van der Waals surface area contributed by atoms with Crippen molar-refractivity contribution in [3.8, 4) is 11.5 Å². The summed E-state index contributed by atoms with van der Waals surface area (Å²) in [5.74, 6) is -1.32. The van der Waals surface area contributed by atoms with Crippen LogP contribution in [0.3, 0.4) is 0 Å². The van der Waals surface area contributed by atoms with Gasteiger partial charge in [0.25, 0.3) is 5.91 Å². The molecule has 1 aliphatic rings. The molecule has 1 aliphatic heterocycles. The fourth-order valence-electron chi connectivity index (χ4n) is 2.66. The molecule has 3 rings (SSSR count). The predicted molar refractivity (Wildman–Crippen MR) is 99.3 cm³/mol. The topological polar surface area (TPSA) is 114 Å². The standard InChI is InChI=1S/C20H18N2O6/c1-12(23)21-15(9-13-7-8-16-17(10-13)28-11-27-16)19(24)22-18(20(25)26)14-5-3-2-4-6-14/h2-10,18H,11H2,1H3,(H,21,23)(H,22,24)(H,25,26)/b15-9+/t18-/m1/s1. The Hall–Kier alpha value is -3.81. The van der Waals surface area contributed by atoms with Crippen molar-refractivity contribution in [1.82, 2.24) is 10.6 Å². The van der Waals surface area contributed by atoms with Crippen molar-refractivity contribution in [2.75, 3.05) is 6.79 Å².